The van der Waals surface area contributed by atoms with Gasteiger partial charge in [-0.1, -0.05) is 32.1 Å². The zero-order chi connectivity index (χ0) is 12.2. The molecule has 0 radical (unpaired) electrons. The lowest BCUT2D eigenvalue weighted by molar-refractivity contribution is 0.320. The number of nitrogens with zero attached hydrogens (tertiary/aromatic N) is 2. The highest BCUT2D eigenvalue weighted by atomic mass is 15.2. The summed E-state index contributed by atoms with van der Waals surface area (Å²) in [5, 5.41) is 3.63. The zero-order valence-electron chi connectivity index (χ0n) is 11.3. The Morgan fingerprint density at radius 3 is 2.56 bits per heavy atom. The molecule has 3 heteroatoms. The van der Waals surface area contributed by atoms with Crippen molar-refractivity contribution in [2.75, 3.05) is 5.32 Å². The Morgan fingerprint density at radius 2 is 1.78 bits per heavy atom. The van der Waals surface area contributed by atoms with E-state index in [1.807, 2.05) is 6.20 Å². The van der Waals surface area contributed by atoms with Gasteiger partial charge in [-0.05, 0) is 31.6 Å². The van der Waals surface area contributed by atoms with E-state index in [-0.39, 0.29) is 0 Å². The lowest BCUT2D eigenvalue weighted by Gasteiger charge is -2.23. The van der Waals surface area contributed by atoms with Crippen LogP contribution in [0.4, 0.5) is 5.95 Å². The lowest BCUT2D eigenvalue weighted by atomic mass is 9.89. The molecule has 0 bridgehead atoms. The van der Waals surface area contributed by atoms with Crippen molar-refractivity contribution in [3.8, 4) is 0 Å². The summed E-state index contributed by atoms with van der Waals surface area (Å²) in [5.41, 5.74) is 0. The lowest BCUT2D eigenvalue weighted by Crippen LogP contribution is -2.20. The summed E-state index contributed by atoms with van der Waals surface area (Å²) in [5.74, 6) is 1.98. The smallest absolute Gasteiger partial charge is 0.202 e. The largest absolute Gasteiger partial charge is 0.353 e. The van der Waals surface area contributed by atoms with Crippen molar-refractivity contribution in [2.24, 2.45) is 5.92 Å². The first-order valence-electron chi connectivity index (χ1n) is 7.69. The standard InChI is InChI=1S/C15H25N3/c1-2-6-13(7-3-1)12-18-11-10-16-15(18)17-14-8-4-5-9-14/h10-11,13-14H,1-9,12H2,(H,16,17). The predicted octanol–water partition coefficient (Wildman–Crippen LogP) is 3.82. The quantitative estimate of drug-likeness (QED) is 0.876. The van der Waals surface area contributed by atoms with Crippen molar-refractivity contribution < 1.29 is 0 Å². The molecule has 0 aliphatic heterocycles. The van der Waals surface area contributed by atoms with Gasteiger partial charge in [0.05, 0.1) is 0 Å². The molecule has 0 atom stereocenters. The number of anilines is 1. The Labute approximate surface area is 110 Å². The summed E-state index contributed by atoms with van der Waals surface area (Å²) in [6.45, 7) is 1.16. The average Bonchev–Trinajstić information content (AvgIpc) is 3.04. The van der Waals surface area contributed by atoms with Gasteiger partial charge in [-0.15, -0.1) is 0 Å². The number of hydrogen-bond donors (Lipinski definition) is 1. The normalized spacial score (nSPS) is 22.4. The number of imidazole rings is 1. The minimum Gasteiger partial charge on any atom is -0.353 e. The maximum Gasteiger partial charge on any atom is 0.202 e. The number of aromatic nitrogens is 2. The molecular weight excluding hydrogens is 222 g/mol. The Hall–Kier alpha value is -0.990. The van der Waals surface area contributed by atoms with Gasteiger partial charge < -0.3 is 9.88 Å². The van der Waals surface area contributed by atoms with Crippen molar-refractivity contribution in [2.45, 2.75) is 70.4 Å². The van der Waals surface area contributed by atoms with Crippen LogP contribution in [0.2, 0.25) is 0 Å². The highest BCUT2D eigenvalue weighted by molar-refractivity contribution is 5.28. The van der Waals surface area contributed by atoms with Gasteiger partial charge in [0.15, 0.2) is 0 Å². The van der Waals surface area contributed by atoms with Gasteiger partial charge in [-0.2, -0.15) is 0 Å². The summed E-state index contributed by atoms with van der Waals surface area (Å²) in [4.78, 5) is 4.50. The van der Waals surface area contributed by atoms with Crippen LogP contribution in [-0.2, 0) is 6.54 Å². The summed E-state index contributed by atoms with van der Waals surface area (Å²) >= 11 is 0. The minimum absolute atomic E-state index is 0.664. The molecule has 0 amide bonds. The molecule has 0 unspecified atom stereocenters. The fraction of sp³-hybridized carbons (Fsp3) is 0.800. The fourth-order valence-corrected chi connectivity index (χ4v) is 3.50. The first kappa shape index (κ1) is 12.1. The minimum atomic E-state index is 0.664. The van der Waals surface area contributed by atoms with E-state index in [0.717, 1.165) is 18.4 Å². The molecular formula is C15H25N3. The maximum absolute atomic E-state index is 4.50. The summed E-state index contributed by atoms with van der Waals surface area (Å²) < 4.78 is 2.34. The van der Waals surface area contributed by atoms with Crippen LogP contribution in [-0.4, -0.2) is 15.6 Å². The maximum atomic E-state index is 4.50. The van der Waals surface area contributed by atoms with E-state index < -0.39 is 0 Å². The summed E-state index contributed by atoms with van der Waals surface area (Å²) in [7, 11) is 0. The van der Waals surface area contributed by atoms with Crippen molar-refractivity contribution >= 4 is 5.95 Å². The Bertz CT molecular complexity index is 360. The first-order valence-corrected chi connectivity index (χ1v) is 7.69. The third kappa shape index (κ3) is 2.88. The van der Waals surface area contributed by atoms with Crippen molar-refractivity contribution in [1.82, 2.24) is 9.55 Å². The molecule has 2 saturated carbocycles. The summed E-state index contributed by atoms with van der Waals surface area (Å²) in [6, 6.07) is 0.664. The average molecular weight is 247 g/mol. The van der Waals surface area contributed by atoms with Crippen LogP contribution in [0.3, 0.4) is 0 Å². The van der Waals surface area contributed by atoms with E-state index in [2.05, 4.69) is 21.1 Å². The monoisotopic (exact) mass is 247 g/mol. The van der Waals surface area contributed by atoms with Crippen molar-refractivity contribution in [3.63, 3.8) is 0 Å². The molecule has 1 aromatic heterocycles. The number of hydrogen-bond acceptors (Lipinski definition) is 2. The van der Waals surface area contributed by atoms with Crippen LogP contribution >= 0.6 is 0 Å². The molecule has 0 saturated heterocycles. The molecule has 0 aromatic carbocycles. The van der Waals surface area contributed by atoms with Crippen LogP contribution in [0.1, 0.15) is 57.8 Å². The van der Waals surface area contributed by atoms with Gasteiger partial charge >= 0.3 is 0 Å². The van der Waals surface area contributed by atoms with E-state index in [1.165, 1.54) is 57.8 Å². The highest BCUT2D eigenvalue weighted by Gasteiger charge is 2.18. The number of rotatable bonds is 4. The van der Waals surface area contributed by atoms with Gasteiger partial charge in [-0.3, -0.25) is 0 Å². The van der Waals surface area contributed by atoms with Crippen molar-refractivity contribution in [3.05, 3.63) is 12.4 Å². The molecule has 2 fully saturated rings. The van der Waals surface area contributed by atoms with Gasteiger partial charge in [-0.25, -0.2) is 4.98 Å². The van der Waals surface area contributed by atoms with E-state index in [4.69, 9.17) is 0 Å². The predicted molar refractivity (Wildman–Crippen MR) is 74.7 cm³/mol. The molecule has 1 heterocycles. The third-order valence-corrected chi connectivity index (χ3v) is 4.58. The molecule has 100 valence electrons. The Morgan fingerprint density at radius 1 is 1.06 bits per heavy atom. The molecule has 2 aliphatic rings. The van der Waals surface area contributed by atoms with Crippen LogP contribution in [0.15, 0.2) is 12.4 Å². The van der Waals surface area contributed by atoms with E-state index in [9.17, 15) is 0 Å². The SMILES string of the molecule is c1cn(CC2CCCCC2)c(NC2CCCC2)n1. The molecule has 0 spiro atoms. The molecule has 18 heavy (non-hydrogen) atoms. The van der Waals surface area contributed by atoms with Crippen LogP contribution in [0, 0.1) is 5.92 Å². The molecule has 3 rings (SSSR count). The summed E-state index contributed by atoms with van der Waals surface area (Å²) in [6.07, 6.45) is 16.6. The number of nitrogens with one attached hydrogen (secondary N) is 1. The Kier molecular flexibility index (Phi) is 3.87. The van der Waals surface area contributed by atoms with Gasteiger partial charge in [0.25, 0.3) is 0 Å². The van der Waals surface area contributed by atoms with Crippen LogP contribution in [0.25, 0.3) is 0 Å². The topological polar surface area (TPSA) is 29.9 Å². The second-order valence-corrected chi connectivity index (χ2v) is 6.03. The first-order chi connectivity index (χ1) is 8.92. The molecule has 1 aromatic rings. The highest BCUT2D eigenvalue weighted by Crippen LogP contribution is 2.27. The second-order valence-electron chi connectivity index (χ2n) is 6.03. The van der Waals surface area contributed by atoms with E-state index in [0.29, 0.717) is 6.04 Å². The zero-order valence-corrected chi connectivity index (χ0v) is 11.3. The molecule has 3 nitrogen and oxygen atoms in total. The third-order valence-electron chi connectivity index (χ3n) is 4.58. The van der Waals surface area contributed by atoms with Gasteiger partial charge in [0, 0.05) is 25.0 Å². The van der Waals surface area contributed by atoms with Crippen molar-refractivity contribution in [1.29, 1.82) is 0 Å². The van der Waals surface area contributed by atoms with Gasteiger partial charge in [0.1, 0.15) is 0 Å². The van der Waals surface area contributed by atoms with E-state index in [1.54, 1.807) is 0 Å². The van der Waals surface area contributed by atoms with E-state index >= 15 is 0 Å². The van der Waals surface area contributed by atoms with Crippen LogP contribution < -0.4 is 5.32 Å². The Balaban J connectivity index is 1.59. The van der Waals surface area contributed by atoms with Gasteiger partial charge in [0.2, 0.25) is 5.95 Å². The second kappa shape index (κ2) is 5.77. The van der Waals surface area contributed by atoms with Crippen LogP contribution in [0.5, 0.6) is 0 Å². The fourth-order valence-electron chi connectivity index (χ4n) is 3.50. The molecule has 1 N–H and O–H groups in total. The molecule has 2 aliphatic carbocycles.